The fourth-order valence-corrected chi connectivity index (χ4v) is 2.15. The molecule has 0 aliphatic heterocycles. The smallest absolute Gasteiger partial charge is 0.338 e. The zero-order valence-electron chi connectivity index (χ0n) is 12.9. The summed E-state index contributed by atoms with van der Waals surface area (Å²) in [6.45, 7) is 3.88. The van der Waals surface area contributed by atoms with Gasteiger partial charge < -0.3 is 9.26 Å². The standard InChI is InChI=1S/C18H16N2O3/c1-12-7-9-14(10-8-12)18(21)22-11-16-19-17(20-23-16)15-6-4-3-5-13(15)2/h3-10H,11H2,1-2H3. The molecule has 1 heterocycles. The molecule has 23 heavy (non-hydrogen) atoms. The van der Waals surface area contributed by atoms with E-state index in [1.165, 1.54) is 0 Å². The Labute approximate surface area is 133 Å². The van der Waals surface area contributed by atoms with Crippen LogP contribution in [0.25, 0.3) is 11.4 Å². The van der Waals surface area contributed by atoms with Crippen LogP contribution in [0.4, 0.5) is 0 Å². The predicted octanol–water partition coefficient (Wildman–Crippen LogP) is 3.71. The fraction of sp³-hybridized carbons (Fsp3) is 0.167. The first-order valence-electron chi connectivity index (χ1n) is 7.26. The summed E-state index contributed by atoms with van der Waals surface area (Å²) in [6, 6.07) is 14.9. The Bertz CT molecular complexity index is 822. The number of nitrogens with zero attached hydrogens (tertiary/aromatic N) is 2. The molecule has 0 aliphatic carbocycles. The number of ether oxygens (including phenoxy) is 1. The second-order valence-corrected chi connectivity index (χ2v) is 5.27. The number of carbonyl (C=O) groups excluding carboxylic acids is 1. The van der Waals surface area contributed by atoms with Crippen molar-refractivity contribution in [1.82, 2.24) is 10.1 Å². The molecule has 3 rings (SSSR count). The largest absolute Gasteiger partial charge is 0.452 e. The molecule has 0 saturated carbocycles. The zero-order valence-corrected chi connectivity index (χ0v) is 12.9. The van der Waals surface area contributed by atoms with Crippen LogP contribution in [-0.4, -0.2) is 16.1 Å². The number of rotatable bonds is 4. The van der Waals surface area contributed by atoms with E-state index in [2.05, 4.69) is 10.1 Å². The molecule has 0 saturated heterocycles. The fourth-order valence-electron chi connectivity index (χ4n) is 2.15. The molecule has 0 bridgehead atoms. The molecule has 0 N–H and O–H groups in total. The van der Waals surface area contributed by atoms with Gasteiger partial charge in [-0.25, -0.2) is 4.79 Å². The van der Waals surface area contributed by atoms with Crippen LogP contribution < -0.4 is 0 Å². The highest BCUT2D eigenvalue weighted by Gasteiger charge is 2.13. The van der Waals surface area contributed by atoms with Gasteiger partial charge in [0, 0.05) is 5.56 Å². The third kappa shape index (κ3) is 3.45. The monoisotopic (exact) mass is 308 g/mol. The second kappa shape index (κ2) is 6.44. The number of benzene rings is 2. The van der Waals surface area contributed by atoms with Crippen LogP contribution in [-0.2, 0) is 11.3 Å². The number of aryl methyl sites for hydroxylation is 2. The lowest BCUT2D eigenvalue weighted by molar-refractivity contribution is 0.0430. The Hall–Kier alpha value is -2.95. The van der Waals surface area contributed by atoms with Gasteiger partial charge in [-0.2, -0.15) is 4.98 Å². The molecule has 1 aromatic heterocycles. The van der Waals surface area contributed by atoms with E-state index in [1.54, 1.807) is 12.1 Å². The van der Waals surface area contributed by atoms with Crippen molar-refractivity contribution in [2.24, 2.45) is 0 Å². The molecule has 116 valence electrons. The minimum atomic E-state index is -0.416. The highest BCUT2D eigenvalue weighted by molar-refractivity contribution is 5.89. The van der Waals surface area contributed by atoms with Gasteiger partial charge in [0.25, 0.3) is 5.89 Å². The molecular formula is C18H16N2O3. The highest BCUT2D eigenvalue weighted by atomic mass is 16.6. The number of hydrogen-bond donors (Lipinski definition) is 0. The minimum absolute atomic E-state index is 0.0500. The Kier molecular flexibility index (Phi) is 4.19. The van der Waals surface area contributed by atoms with Crippen molar-refractivity contribution in [3.05, 3.63) is 71.1 Å². The van der Waals surface area contributed by atoms with E-state index in [4.69, 9.17) is 9.26 Å². The van der Waals surface area contributed by atoms with Crippen molar-refractivity contribution in [3.8, 4) is 11.4 Å². The Morgan fingerprint density at radius 3 is 2.57 bits per heavy atom. The van der Waals surface area contributed by atoms with Crippen LogP contribution in [0.1, 0.15) is 27.4 Å². The summed E-state index contributed by atoms with van der Waals surface area (Å²) in [5.41, 5.74) is 3.53. The molecule has 0 fully saturated rings. The van der Waals surface area contributed by atoms with E-state index in [-0.39, 0.29) is 12.5 Å². The third-order valence-electron chi connectivity index (χ3n) is 3.47. The van der Waals surface area contributed by atoms with Crippen molar-refractivity contribution in [2.45, 2.75) is 20.5 Å². The average Bonchev–Trinajstić information content (AvgIpc) is 3.02. The van der Waals surface area contributed by atoms with Gasteiger partial charge in [-0.15, -0.1) is 0 Å². The van der Waals surface area contributed by atoms with Crippen LogP contribution in [0.15, 0.2) is 53.1 Å². The van der Waals surface area contributed by atoms with Crippen molar-refractivity contribution in [2.75, 3.05) is 0 Å². The maximum Gasteiger partial charge on any atom is 0.338 e. The van der Waals surface area contributed by atoms with Crippen molar-refractivity contribution < 1.29 is 14.1 Å². The number of hydrogen-bond acceptors (Lipinski definition) is 5. The minimum Gasteiger partial charge on any atom is -0.452 e. The van der Waals surface area contributed by atoms with Crippen molar-refractivity contribution >= 4 is 5.97 Å². The first-order valence-corrected chi connectivity index (χ1v) is 7.26. The van der Waals surface area contributed by atoms with Gasteiger partial charge in [0.1, 0.15) is 0 Å². The summed E-state index contributed by atoms with van der Waals surface area (Å²) in [5, 5.41) is 3.93. The van der Waals surface area contributed by atoms with Gasteiger partial charge in [-0.3, -0.25) is 0 Å². The van der Waals surface area contributed by atoms with Crippen molar-refractivity contribution in [1.29, 1.82) is 0 Å². The van der Waals surface area contributed by atoms with Crippen molar-refractivity contribution in [3.63, 3.8) is 0 Å². The Balaban J connectivity index is 1.67. The number of carbonyl (C=O) groups is 1. The molecule has 5 nitrogen and oxygen atoms in total. The lowest BCUT2D eigenvalue weighted by Gasteiger charge is -2.02. The maximum absolute atomic E-state index is 11.9. The molecular weight excluding hydrogens is 292 g/mol. The number of aromatic nitrogens is 2. The van der Waals surface area contributed by atoms with Gasteiger partial charge in [0.2, 0.25) is 5.82 Å². The molecule has 0 radical (unpaired) electrons. The van der Waals surface area contributed by atoms with Crippen LogP contribution in [0.5, 0.6) is 0 Å². The summed E-state index contributed by atoms with van der Waals surface area (Å²) in [6.07, 6.45) is 0. The topological polar surface area (TPSA) is 65.2 Å². The van der Waals surface area contributed by atoms with Gasteiger partial charge in [0.15, 0.2) is 6.61 Å². The van der Waals surface area contributed by atoms with Crippen LogP contribution in [0, 0.1) is 13.8 Å². The summed E-state index contributed by atoms with van der Waals surface area (Å²) < 4.78 is 10.3. The molecule has 5 heteroatoms. The molecule has 0 amide bonds. The van der Waals surface area contributed by atoms with Gasteiger partial charge in [0.05, 0.1) is 5.56 Å². The van der Waals surface area contributed by atoms with Crippen LogP contribution in [0.3, 0.4) is 0 Å². The molecule has 3 aromatic rings. The van der Waals surface area contributed by atoms with Gasteiger partial charge in [-0.1, -0.05) is 47.1 Å². The average molecular weight is 308 g/mol. The molecule has 0 spiro atoms. The Morgan fingerprint density at radius 2 is 1.83 bits per heavy atom. The Morgan fingerprint density at radius 1 is 1.09 bits per heavy atom. The highest BCUT2D eigenvalue weighted by Crippen LogP contribution is 2.20. The van der Waals surface area contributed by atoms with E-state index in [0.717, 1.165) is 16.7 Å². The van der Waals surface area contributed by atoms with E-state index in [0.29, 0.717) is 11.4 Å². The molecule has 2 aromatic carbocycles. The maximum atomic E-state index is 11.9. The summed E-state index contributed by atoms with van der Waals surface area (Å²) in [7, 11) is 0. The predicted molar refractivity (Wildman–Crippen MR) is 84.8 cm³/mol. The molecule has 0 aliphatic rings. The molecule has 0 unspecified atom stereocenters. The molecule has 0 atom stereocenters. The SMILES string of the molecule is Cc1ccc(C(=O)OCc2nc(-c3ccccc3C)no2)cc1. The number of esters is 1. The van der Waals surface area contributed by atoms with E-state index >= 15 is 0 Å². The van der Waals surface area contributed by atoms with E-state index in [9.17, 15) is 4.79 Å². The van der Waals surface area contributed by atoms with Crippen LogP contribution >= 0.6 is 0 Å². The van der Waals surface area contributed by atoms with Gasteiger partial charge in [-0.05, 0) is 31.5 Å². The lowest BCUT2D eigenvalue weighted by atomic mass is 10.1. The van der Waals surface area contributed by atoms with E-state index in [1.807, 2.05) is 50.2 Å². The third-order valence-corrected chi connectivity index (χ3v) is 3.47. The van der Waals surface area contributed by atoms with E-state index < -0.39 is 5.97 Å². The first kappa shape index (κ1) is 15.0. The summed E-state index contributed by atoms with van der Waals surface area (Å²) >= 11 is 0. The summed E-state index contributed by atoms with van der Waals surface area (Å²) in [5.74, 6) is 0.342. The van der Waals surface area contributed by atoms with Gasteiger partial charge >= 0.3 is 5.97 Å². The lowest BCUT2D eigenvalue weighted by Crippen LogP contribution is -2.05. The normalized spacial score (nSPS) is 10.5. The van der Waals surface area contributed by atoms with Crippen LogP contribution in [0.2, 0.25) is 0 Å². The second-order valence-electron chi connectivity index (χ2n) is 5.27. The quantitative estimate of drug-likeness (QED) is 0.687. The first-order chi connectivity index (χ1) is 11.1. The zero-order chi connectivity index (χ0) is 16.2. The summed E-state index contributed by atoms with van der Waals surface area (Å²) in [4.78, 5) is 16.2.